The van der Waals surface area contributed by atoms with Crippen molar-refractivity contribution in [3.63, 3.8) is 0 Å². The Bertz CT molecular complexity index is 1040. The van der Waals surface area contributed by atoms with Gasteiger partial charge in [-0.2, -0.15) is 20.1 Å². The summed E-state index contributed by atoms with van der Waals surface area (Å²) in [4.78, 5) is 18.4. The first-order chi connectivity index (χ1) is 17.2. The number of nitrogens with zero attached hydrogens (tertiary/aromatic N) is 6. The molecule has 1 aromatic heterocycles. The van der Waals surface area contributed by atoms with E-state index in [1.807, 2.05) is 36.4 Å². The Balaban J connectivity index is 1.60. The number of hydrogen-bond donors (Lipinski definition) is 2. The van der Waals surface area contributed by atoms with Crippen LogP contribution in [0, 0.1) is 3.57 Å². The number of allylic oxidation sites excluding steroid dienone is 2. The molecule has 0 bridgehead atoms. The van der Waals surface area contributed by atoms with E-state index in [1.165, 1.54) is 0 Å². The maximum Gasteiger partial charge on any atom is 0.250 e. The smallest absolute Gasteiger partial charge is 0.250 e. The molecule has 1 saturated heterocycles. The van der Waals surface area contributed by atoms with E-state index < -0.39 is 0 Å². The molecule has 2 heterocycles. The molecule has 0 radical (unpaired) electrons. The number of benzene rings is 1. The monoisotopic (exact) mass is 591 g/mol. The van der Waals surface area contributed by atoms with Crippen molar-refractivity contribution in [3.8, 4) is 0 Å². The van der Waals surface area contributed by atoms with Crippen LogP contribution >= 0.6 is 22.6 Å². The summed E-state index contributed by atoms with van der Waals surface area (Å²) in [6.07, 6.45) is 10.9. The third-order valence-electron chi connectivity index (χ3n) is 5.46. The van der Waals surface area contributed by atoms with Crippen LogP contribution in [0.15, 0.2) is 53.7 Å². The lowest BCUT2D eigenvalue weighted by Crippen LogP contribution is -2.40. The van der Waals surface area contributed by atoms with Crippen LogP contribution in [-0.4, -0.2) is 85.0 Å². The fourth-order valence-corrected chi connectivity index (χ4v) is 4.30. The third-order valence-corrected chi connectivity index (χ3v) is 6.13. The minimum atomic E-state index is -0.00839. The molecule has 2 aromatic rings. The van der Waals surface area contributed by atoms with E-state index in [2.05, 4.69) is 60.1 Å². The van der Waals surface area contributed by atoms with Gasteiger partial charge in [0.05, 0.1) is 45.3 Å². The molecule has 1 atom stereocenters. The first kappa shape index (κ1) is 25.5. The molecule has 0 spiro atoms. The van der Waals surface area contributed by atoms with Crippen molar-refractivity contribution in [2.75, 3.05) is 67.9 Å². The number of hydrogen-bond acceptors (Lipinski definition) is 10. The van der Waals surface area contributed by atoms with E-state index in [1.54, 1.807) is 6.21 Å². The number of ether oxygens (including phenoxy) is 2. The number of hydrazone groups is 1. The summed E-state index contributed by atoms with van der Waals surface area (Å²) < 4.78 is 12.2. The largest absolute Gasteiger partial charge is 0.394 e. The molecule has 1 aliphatic heterocycles. The Morgan fingerprint density at radius 1 is 1.23 bits per heavy atom. The summed E-state index contributed by atoms with van der Waals surface area (Å²) in [5.41, 5.74) is 3.97. The zero-order valence-electron chi connectivity index (χ0n) is 19.5. The fourth-order valence-electron chi connectivity index (χ4n) is 3.73. The SMILES string of the molecule is OCCOCCN(c1nc(N/N=C/c2cccc(I)c2)nc(N2CCOCC2)n1)C1C=CC=CC1. The van der Waals surface area contributed by atoms with E-state index in [4.69, 9.17) is 24.5 Å². The predicted octanol–water partition coefficient (Wildman–Crippen LogP) is 2.46. The summed E-state index contributed by atoms with van der Waals surface area (Å²) >= 11 is 2.28. The number of anilines is 3. The van der Waals surface area contributed by atoms with Gasteiger partial charge in [0, 0.05) is 23.2 Å². The lowest BCUT2D eigenvalue weighted by atomic mass is 10.1. The number of aromatic nitrogens is 3. The van der Waals surface area contributed by atoms with Crippen molar-refractivity contribution in [2.24, 2.45) is 5.10 Å². The normalized spacial score (nSPS) is 17.8. The van der Waals surface area contributed by atoms with E-state index >= 15 is 0 Å². The zero-order valence-corrected chi connectivity index (χ0v) is 21.6. The van der Waals surface area contributed by atoms with E-state index in [0.717, 1.165) is 15.6 Å². The van der Waals surface area contributed by atoms with E-state index in [0.29, 0.717) is 63.9 Å². The molecule has 0 saturated carbocycles. The van der Waals surface area contributed by atoms with E-state index in [9.17, 15) is 0 Å². The van der Waals surface area contributed by atoms with Gasteiger partial charge < -0.3 is 24.4 Å². The highest BCUT2D eigenvalue weighted by Gasteiger charge is 2.23. The maximum absolute atomic E-state index is 9.06. The second-order valence-corrected chi connectivity index (χ2v) is 9.17. The highest BCUT2D eigenvalue weighted by Crippen LogP contribution is 2.22. The first-order valence-electron chi connectivity index (χ1n) is 11.6. The zero-order chi connectivity index (χ0) is 24.3. The fraction of sp³-hybridized carbons (Fsp3) is 0.417. The van der Waals surface area contributed by atoms with Gasteiger partial charge in [0.2, 0.25) is 17.8 Å². The lowest BCUT2D eigenvalue weighted by Gasteiger charge is -2.32. The van der Waals surface area contributed by atoms with Crippen LogP contribution in [0.25, 0.3) is 0 Å². The molecule has 2 aliphatic rings. The van der Waals surface area contributed by atoms with Gasteiger partial charge in [0.15, 0.2) is 0 Å². The lowest BCUT2D eigenvalue weighted by molar-refractivity contribution is 0.0960. The molecule has 1 fully saturated rings. The number of aliphatic hydroxyl groups is 1. The van der Waals surface area contributed by atoms with Gasteiger partial charge in [-0.05, 0) is 46.7 Å². The summed E-state index contributed by atoms with van der Waals surface area (Å²) in [6.45, 7) is 3.98. The maximum atomic E-state index is 9.06. The molecule has 0 amide bonds. The molecule has 35 heavy (non-hydrogen) atoms. The van der Waals surface area contributed by atoms with Crippen molar-refractivity contribution >= 4 is 46.7 Å². The quantitative estimate of drug-likeness (QED) is 0.176. The molecular weight excluding hydrogens is 561 g/mol. The Hall–Kier alpha value is -2.61. The summed E-state index contributed by atoms with van der Waals surface area (Å²) in [7, 11) is 0. The van der Waals surface area contributed by atoms with Crippen LogP contribution in [0.1, 0.15) is 12.0 Å². The molecule has 10 nitrogen and oxygen atoms in total. The molecule has 186 valence electrons. The molecule has 1 aliphatic carbocycles. The third kappa shape index (κ3) is 7.69. The Morgan fingerprint density at radius 3 is 2.89 bits per heavy atom. The number of halogens is 1. The van der Waals surface area contributed by atoms with Gasteiger partial charge in [0.25, 0.3) is 0 Å². The number of nitrogens with one attached hydrogen (secondary N) is 1. The van der Waals surface area contributed by atoms with Gasteiger partial charge in [-0.15, -0.1) is 0 Å². The molecule has 1 aromatic carbocycles. The number of rotatable bonds is 11. The highest BCUT2D eigenvalue weighted by molar-refractivity contribution is 14.1. The molecule has 1 unspecified atom stereocenters. The summed E-state index contributed by atoms with van der Waals surface area (Å²) in [6, 6.07) is 8.14. The van der Waals surface area contributed by atoms with Crippen LogP contribution in [-0.2, 0) is 9.47 Å². The standard InChI is InChI=1S/C24H30IN7O3/c25-20-6-4-5-19(17-20)18-26-30-22-27-23(31-9-13-34-14-10-31)29-24(28-22)32(11-15-35-16-12-33)21-7-2-1-3-8-21/h1-7,17-18,21,33H,8-16H2,(H,27,28,29,30)/b26-18+. The van der Waals surface area contributed by atoms with Crippen LogP contribution in [0.2, 0.25) is 0 Å². The average molecular weight is 591 g/mol. The van der Waals surface area contributed by atoms with Crippen molar-refractivity contribution < 1.29 is 14.6 Å². The number of morpholine rings is 1. The average Bonchev–Trinajstić information content (AvgIpc) is 2.90. The minimum Gasteiger partial charge on any atom is -0.394 e. The van der Waals surface area contributed by atoms with Gasteiger partial charge in [-0.25, -0.2) is 5.43 Å². The molecular formula is C24H30IN7O3. The van der Waals surface area contributed by atoms with Crippen LogP contribution < -0.4 is 15.2 Å². The van der Waals surface area contributed by atoms with Gasteiger partial charge in [0.1, 0.15) is 0 Å². The first-order valence-corrected chi connectivity index (χ1v) is 12.7. The van der Waals surface area contributed by atoms with Crippen LogP contribution in [0.4, 0.5) is 17.8 Å². The van der Waals surface area contributed by atoms with Gasteiger partial charge in [-0.1, -0.05) is 36.4 Å². The Labute approximate surface area is 218 Å². The second-order valence-electron chi connectivity index (χ2n) is 7.93. The highest BCUT2D eigenvalue weighted by atomic mass is 127. The predicted molar refractivity (Wildman–Crippen MR) is 145 cm³/mol. The van der Waals surface area contributed by atoms with Crippen molar-refractivity contribution in [1.82, 2.24) is 15.0 Å². The summed E-state index contributed by atoms with van der Waals surface area (Å²) in [5.74, 6) is 1.50. The van der Waals surface area contributed by atoms with Crippen molar-refractivity contribution in [1.29, 1.82) is 0 Å². The van der Waals surface area contributed by atoms with Crippen molar-refractivity contribution in [2.45, 2.75) is 12.5 Å². The second kappa shape index (κ2) is 13.5. The Morgan fingerprint density at radius 2 is 2.11 bits per heavy atom. The van der Waals surface area contributed by atoms with E-state index in [-0.39, 0.29) is 12.6 Å². The van der Waals surface area contributed by atoms with Gasteiger partial charge in [-0.3, -0.25) is 0 Å². The topological polar surface area (TPSA) is 108 Å². The Kier molecular flexibility index (Phi) is 9.81. The number of aliphatic hydroxyl groups excluding tert-OH is 1. The minimum absolute atomic E-state index is 0.00839. The molecule has 2 N–H and O–H groups in total. The van der Waals surface area contributed by atoms with Crippen LogP contribution in [0.5, 0.6) is 0 Å². The molecule has 11 heteroatoms. The van der Waals surface area contributed by atoms with Gasteiger partial charge >= 0.3 is 0 Å². The van der Waals surface area contributed by atoms with Crippen molar-refractivity contribution in [3.05, 3.63) is 57.7 Å². The molecule has 4 rings (SSSR count). The summed E-state index contributed by atoms with van der Waals surface area (Å²) in [5, 5.41) is 13.4. The van der Waals surface area contributed by atoms with Crippen LogP contribution in [0.3, 0.4) is 0 Å².